The number of nitrogens with zero attached hydrogens (tertiary/aromatic N) is 4. The van der Waals surface area contributed by atoms with Crippen molar-refractivity contribution in [1.29, 1.82) is 0 Å². The number of hydrogen-bond acceptors (Lipinski definition) is 6. The highest BCUT2D eigenvalue weighted by Gasteiger charge is 2.26. The van der Waals surface area contributed by atoms with Crippen molar-refractivity contribution in [2.24, 2.45) is 0 Å². The van der Waals surface area contributed by atoms with E-state index in [1.165, 1.54) is 0 Å². The number of pyridine rings is 1. The topological polar surface area (TPSA) is 86.4 Å². The maximum atomic E-state index is 13.2. The van der Waals surface area contributed by atoms with Crippen LogP contribution in [0.5, 0.6) is 5.75 Å². The number of hydrogen-bond donors (Lipinski definition) is 2. The predicted octanol–water partition coefficient (Wildman–Crippen LogP) is 1.92. The minimum atomic E-state index is 0.0666. The fourth-order valence-corrected chi connectivity index (χ4v) is 3.98. The van der Waals surface area contributed by atoms with Gasteiger partial charge in [-0.15, -0.1) is 0 Å². The number of amides is 1. The Hall–Kier alpha value is -3.39. The summed E-state index contributed by atoms with van der Waals surface area (Å²) in [6.45, 7) is 4.86. The molecule has 2 aromatic heterocycles. The fraction of sp³-hybridized carbons (Fsp3) is 0.318. The quantitative estimate of drug-likeness (QED) is 0.694. The van der Waals surface area contributed by atoms with Gasteiger partial charge in [0.15, 0.2) is 5.82 Å². The minimum Gasteiger partial charge on any atom is -0.492 e. The Bertz CT molecular complexity index is 1030. The summed E-state index contributed by atoms with van der Waals surface area (Å²) in [7, 11) is 0. The SMILES string of the molecule is O=C(c1cccc2c1CNCCO2)N1CCN(c2cc(-c3cccnc3)[nH]n2)CC1. The van der Waals surface area contributed by atoms with Crippen molar-refractivity contribution < 1.29 is 9.53 Å². The predicted molar refractivity (Wildman–Crippen MR) is 114 cm³/mol. The van der Waals surface area contributed by atoms with Gasteiger partial charge in [-0.1, -0.05) is 6.07 Å². The Morgan fingerprint density at radius 3 is 2.83 bits per heavy atom. The van der Waals surface area contributed by atoms with E-state index < -0.39 is 0 Å². The number of piperazine rings is 1. The normalized spacial score (nSPS) is 16.5. The first-order valence-electron chi connectivity index (χ1n) is 10.2. The zero-order valence-corrected chi connectivity index (χ0v) is 16.7. The van der Waals surface area contributed by atoms with Crippen LogP contribution in [0.2, 0.25) is 0 Å². The second-order valence-corrected chi connectivity index (χ2v) is 7.47. The number of ether oxygens (including phenoxy) is 1. The number of aromatic nitrogens is 3. The molecule has 0 atom stereocenters. The lowest BCUT2D eigenvalue weighted by molar-refractivity contribution is 0.0745. The van der Waals surface area contributed by atoms with Gasteiger partial charge in [-0.2, -0.15) is 5.10 Å². The Labute approximate surface area is 174 Å². The van der Waals surface area contributed by atoms with Crippen LogP contribution in [-0.2, 0) is 6.54 Å². The molecule has 4 heterocycles. The van der Waals surface area contributed by atoms with E-state index in [2.05, 4.69) is 25.4 Å². The van der Waals surface area contributed by atoms with Crippen LogP contribution in [-0.4, -0.2) is 65.3 Å². The van der Waals surface area contributed by atoms with Crippen LogP contribution in [0.25, 0.3) is 11.3 Å². The molecule has 2 aliphatic heterocycles. The average molecular weight is 404 g/mol. The molecule has 3 aromatic rings. The van der Waals surface area contributed by atoms with E-state index in [4.69, 9.17) is 4.74 Å². The number of carbonyl (C=O) groups is 1. The Morgan fingerprint density at radius 2 is 2.00 bits per heavy atom. The summed E-state index contributed by atoms with van der Waals surface area (Å²) in [5, 5.41) is 10.9. The van der Waals surface area contributed by atoms with E-state index in [1.807, 2.05) is 47.5 Å². The Kier molecular flexibility index (Phi) is 5.06. The molecule has 0 spiro atoms. The number of benzene rings is 1. The molecule has 0 aliphatic carbocycles. The Balaban J connectivity index is 1.27. The van der Waals surface area contributed by atoms with Gasteiger partial charge in [0.25, 0.3) is 5.91 Å². The van der Waals surface area contributed by atoms with Gasteiger partial charge in [0.1, 0.15) is 12.4 Å². The third-order valence-electron chi connectivity index (χ3n) is 5.63. The summed E-state index contributed by atoms with van der Waals surface area (Å²) in [5.41, 5.74) is 3.63. The second kappa shape index (κ2) is 8.16. The van der Waals surface area contributed by atoms with Crippen molar-refractivity contribution in [1.82, 2.24) is 25.4 Å². The van der Waals surface area contributed by atoms with Crippen molar-refractivity contribution in [3.8, 4) is 17.0 Å². The van der Waals surface area contributed by atoms with Gasteiger partial charge in [-0.25, -0.2) is 0 Å². The number of carbonyl (C=O) groups excluding carboxylic acids is 1. The van der Waals surface area contributed by atoms with Crippen molar-refractivity contribution in [3.05, 3.63) is 59.9 Å². The highest BCUT2D eigenvalue weighted by molar-refractivity contribution is 5.96. The van der Waals surface area contributed by atoms with E-state index in [1.54, 1.807) is 6.20 Å². The summed E-state index contributed by atoms with van der Waals surface area (Å²) >= 11 is 0. The maximum Gasteiger partial charge on any atom is 0.254 e. The van der Waals surface area contributed by atoms with Gasteiger partial charge < -0.3 is 19.9 Å². The molecule has 2 N–H and O–H groups in total. The molecule has 1 amide bonds. The summed E-state index contributed by atoms with van der Waals surface area (Å²) < 4.78 is 5.78. The van der Waals surface area contributed by atoms with Gasteiger partial charge in [-0.3, -0.25) is 14.9 Å². The second-order valence-electron chi connectivity index (χ2n) is 7.47. The molecule has 0 saturated carbocycles. The Morgan fingerprint density at radius 1 is 1.10 bits per heavy atom. The molecule has 30 heavy (non-hydrogen) atoms. The first-order valence-corrected chi connectivity index (χ1v) is 10.2. The van der Waals surface area contributed by atoms with Gasteiger partial charge in [0.2, 0.25) is 0 Å². The lowest BCUT2D eigenvalue weighted by Crippen LogP contribution is -2.49. The summed E-state index contributed by atoms with van der Waals surface area (Å²) in [6.07, 6.45) is 3.57. The zero-order valence-electron chi connectivity index (χ0n) is 16.7. The van der Waals surface area contributed by atoms with Crippen molar-refractivity contribution >= 4 is 11.7 Å². The van der Waals surface area contributed by atoms with E-state index in [0.717, 1.165) is 53.6 Å². The highest BCUT2D eigenvalue weighted by Crippen LogP contribution is 2.26. The number of aromatic amines is 1. The number of H-pyrrole nitrogens is 1. The number of anilines is 1. The van der Waals surface area contributed by atoms with Gasteiger partial charge in [-0.05, 0) is 24.3 Å². The molecule has 0 unspecified atom stereocenters. The van der Waals surface area contributed by atoms with Gasteiger partial charge in [0, 0.05) is 74.4 Å². The van der Waals surface area contributed by atoms with Crippen LogP contribution in [0.1, 0.15) is 15.9 Å². The monoisotopic (exact) mass is 404 g/mol. The number of nitrogens with one attached hydrogen (secondary N) is 2. The standard InChI is InChI=1S/C22H24N6O2/c29-22(17-4-1-5-20-18(17)15-24-7-12-30-20)28-10-8-27(9-11-28)21-13-19(25-26-21)16-3-2-6-23-14-16/h1-6,13-14,24H,7-12,15H2,(H,25,26). The maximum absolute atomic E-state index is 13.2. The fourth-order valence-electron chi connectivity index (χ4n) is 3.98. The van der Waals surface area contributed by atoms with E-state index in [9.17, 15) is 4.79 Å². The number of rotatable bonds is 3. The smallest absolute Gasteiger partial charge is 0.254 e. The molecule has 0 bridgehead atoms. The molecule has 2 aliphatic rings. The highest BCUT2D eigenvalue weighted by atomic mass is 16.5. The zero-order chi connectivity index (χ0) is 20.3. The third-order valence-corrected chi connectivity index (χ3v) is 5.63. The first-order chi connectivity index (χ1) is 14.8. The number of fused-ring (bicyclic) bond motifs is 1. The molecule has 8 nitrogen and oxygen atoms in total. The lowest BCUT2D eigenvalue weighted by atomic mass is 10.0. The van der Waals surface area contributed by atoms with E-state index in [0.29, 0.717) is 26.2 Å². The molecular formula is C22H24N6O2. The van der Waals surface area contributed by atoms with Crippen molar-refractivity contribution in [2.75, 3.05) is 44.2 Å². The minimum absolute atomic E-state index is 0.0666. The van der Waals surface area contributed by atoms with Crippen LogP contribution in [0.4, 0.5) is 5.82 Å². The van der Waals surface area contributed by atoms with Crippen LogP contribution < -0.4 is 15.0 Å². The van der Waals surface area contributed by atoms with Gasteiger partial charge >= 0.3 is 0 Å². The van der Waals surface area contributed by atoms with E-state index in [-0.39, 0.29) is 5.91 Å². The average Bonchev–Trinajstić information content (AvgIpc) is 3.18. The third kappa shape index (κ3) is 3.61. The van der Waals surface area contributed by atoms with Crippen LogP contribution >= 0.6 is 0 Å². The lowest BCUT2D eigenvalue weighted by Gasteiger charge is -2.35. The first kappa shape index (κ1) is 18.6. The summed E-state index contributed by atoms with van der Waals surface area (Å²) in [4.78, 5) is 21.5. The van der Waals surface area contributed by atoms with Crippen LogP contribution in [0.3, 0.4) is 0 Å². The van der Waals surface area contributed by atoms with Crippen LogP contribution in [0.15, 0.2) is 48.8 Å². The van der Waals surface area contributed by atoms with Crippen molar-refractivity contribution in [2.45, 2.75) is 6.54 Å². The molecule has 1 fully saturated rings. The molecule has 1 aromatic carbocycles. The summed E-state index contributed by atoms with van der Waals surface area (Å²) in [6, 6.07) is 11.7. The van der Waals surface area contributed by atoms with Crippen LogP contribution in [0, 0.1) is 0 Å². The van der Waals surface area contributed by atoms with Crippen molar-refractivity contribution in [3.63, 3.8) is 0 Å². The molecule has 8 heteroatoms. The molecule has 1 saturated heterocycles. The molecular weight excluding hydrogens is 380 g/mol. The molecule has 154 valence electrons. The molecule has 0 radical (unpaired) electrons. The van der Waals surface area contributed by atoms with Gasteiger partial charge in [0.05, 0.1) is 5.69 Å². The van der Waals surface area contributed by atoms with E-state index >= 15 is 0 Å². The largest absolute Gasteiger partial charge is 0.492 e. The summed E-state index contributed by atoms with van der Waals surface area (Å²) in [5.74, 6) is 1.77. The molecule has 5 rings (SSSR count).